The van der Waals surface area contributed by atoms with Crippen molar-refractivity contribution in [2.24, 2.45) is 0 Å². The van der Waals surface area contributed by atoms with Gasteiger partial charge in [0.1, 0.15) is 11.5 Å². The molecule has 3 unspecified atom stereocenters. The molecule has 5 heteroatoms. The highest BCUT2D eigenvalue weighted by Crippen LogP contribution is 2.26. The van der Waals surface area contributed by atoms with Crippen molar-refractivity contribution >= 4 is 5.91 Å². The van der Waals surface area contributed by atoms with Crippen LogP contribution in [0.3, 0.4) is 0 Å². The zero-order chi connectivity index (χ0) is 27.6. The van der Waals surface area contributed by atoms with Gasteiger partial charge in [-0.25, -0.2) is 4.39 Å². The summed E-state index contributed by atoms with van der Waals surface area (Å²) in [6.07, 6.45) is 8.31. The molecular formula is C33H49FNO3+. The van der Waals surface area contributed by atoms with E-state index in [2.05, 4.69) is 31.3 Å². The van der Waals surface area contributed by atoms with Gasteiger partial charge in [-0.1, -0.05) is 56.5 Å². The number of ether oxygens (including phenoxy) is 2. The van der Waals surface area contributed by atoms with Gasteiger partial charge in [0, 0.05) is 18.4 Å². The van der Waals surface area contributed by atoms with Crippen molar-refractivity contribution in [3.05, 3.63) is 66.6 Å². The summed E-state index contributed by atoms with van der Waals surface area (Å²) >= 11 is 0. The van der Waals surface area contributed by atoms with Crippen molar-refractivity contribution in [1.82, 2.24) is 5.32 Å². The number of halogens is 1. The Bertz CT molecular complexity index is 884. The van der Waals surface area contributed by atoms with E-state index in [1.807, 2.05) is 50.2 Å². The van der Waals surface area contributed by atoms with Crippen LogP contribution in [0.15, 0.2) is 48.5 Å². The van der Waals surface area contributed by atoms with E-state index in [9.17, 15) is 9.18 Å². The molecule has 0 aliphatic carbocycles. The van der Waals surface area contributed by atoms with Crippen LogP contribution in [-0.2, 0) is 4.79 Å². The lowest BCUT2D eigenvalue weighted by Gasteiger charge is -2.26. The number of amides is 1. The molecule has 0 aromatic heterocycles. The van der Waals surface area contributed by atoms with Crippen LogP contribution < -0.4 is 14.8 Å². The van der Waals surface area contributed by atoms with Gasteiger partial charge in [-0.3, -0.25) is 4.79 Å². The highest BCUT2D eigenvalue weighted by molar-refractivity contribution is 5.76. The monoisotopic (exact) mass is 526 g/mol. The number of carbonyl (C=O) groups excluding carboxylic acids is 1. The molecule has 0 aliphatic heterocycles. The van der Waals surface area contributed by atoms with Crippen LogP contribution in [0.2, 0.25) is 0 Å². The fraction of sp³-hybridized carbons (Fsp3) is 0.576. The second kappa shape index (κ2) is 18.5. The Balaban J connectivity index is 1.87. The molecule has 0 spiro atoms. The van der Waals surface area contributed by atoms with Crippen LogP contribution >= 0.6 is 0 Å². The third-order valence-corrected chi connectivity index (χ3v) is 7.08. The molecule has 0 fully saturated rings. The van der Waals surface area contributed by atoms with Crippen LogP contribution in [0.25, 0.3) is 0 Å². The first-order valence-electron chi connectivity index (χ1n) is 14.6. The highest BCUT2D eigenvalue weighted by Gasteiger charge is 2.21. The van der Waals surface area contributed by atoms with Gasteiger partial charge in [0.15, 0.2) is 0 Å². The molecule has 0 heterocycles. The van der Waals surface area contributed by atoms with Gasteiger partial charge >= 0.3 is 0 Å². The zero-order valence-corrected chi connectivity index (χ0v) is 23.9. The van der Waals surface area contributed by atoms with E-state index in [1.165, 1.54) is 11.1 Å². The molecule has 1 N–H and O–H groups in total. The number of benzene rings is 2. The molecule has 0 aliphatic rings. The van der Waals surface area contributed by atoms with Crippen molar-refractivity contribution < 1.29 is 18.7 Å². The Hall–Kier alpha value is -2.69. The van der Waals surface area contributed by atoms with Crippen molar-refractivity contribution in [3.8, 4) is 11.5 Å². The van der Waals surface area contributed by atoms with Gasteiger partial charge in [0.25, 0.3) is 0 Å². The maximum atomic E-state index is 13.7. The fourth-order valence-electron chi connectivity index (χ4n) is 4.46. The zero-order valence-electron chi connectivity index (χ0n) is 23.9. The van der Waals surface area contributed by atoms with E-state index in [4.69, 9.17) is 9.47 Å². The van der Waals surface area contributed by atoms with Gasteiger partial charge in [-0.2, -0.15) is 0 Å². The average Bonchev–Trinajstić information content (AvgIpc) is 2.93. The first-order valence-corrected chi connectivity index (χ1v) is 14.6. The summed E-state index contributed by atoms with van der Waals surface area (Å²) < 4.78 is 25.4. The van der Waals surface area contributed by atoms with Crippen molar-refractivity contribution in [2.45, 2.75) is 110 Å². The summed E-state index contributed by atoms with van der Waals surface area (Å²) in [5, 5.41) is 3.27. The largest absolute Gasteiger partial charge is 0.494 e. The number of alkyl halides is 1. The highest BCUT2D eigenvalue weighted by atomic mass is 19.1. The van der Waals surface area contributed by atoms with Crippen LogP contribution in [0, 0.1) is 13.8 Å². The average molecular weight is 527 g/mol. The van der Waals surface area contributed by atoms with Crippen LogP contribution in [-0.4, -0.2) is 31.3 Å². The maximum Gasteiger partial charge on any atom is 0.220 e. The summed E-state index contributed by atoms with van der Waals surface area (Å²) in [5.41, 5.74) is 2.36. The predicted molar refractivity (Wildman–Crippen MR) is 156 cm³/mol. The van der Waals surface area contributed by atoms with Gasteiger partial charge in [-0.15, -0.1) is 0 Å². The van der Waals surface area contributed by atoms with Gasteiger partial charge in [0.2, 0.25) is 5.91 Å². The number of rotatable bonds is 20. The Morgan fingerprint density at radius 3 is 2.11 bits per heavy atom. The van der Waals surface area contributed by atoms with E-state index in [0.29, 0.717) is 38.9 Å². The molecule has 4 nitrogen and oxygen atoms in total. The molecule has 0 radical (unpaired) electrons. The lowest BCUT2D eigenvalue weighted by molar-refractivity contribution is -0.122. The van der Waals surface area contributed by atoms with Gasteiger partial charge in [0.05, 0.1) is 32.7 Å². The smallest absolute Gasteiger partial charge is 0.220 e. The molecule has 0 bridgehead atoms. The molecule has 0 saturated carbocycles. The topological polar surface area (TPSA) is 47.6 Å². The first kappa shape index (κ1) is 31.5. The van der Waals surface area contributed by atoms with E-state index in [-0.39, 0.29) is 17.9 Å². The molecule has 2 rings (SSSR count). The molecule has 2 aromatic carbocycles. The van der Waals surface area contributed by atoms with E-state index in [0.717, 1.165) is 56.4 Å². The predicted octanol–water partition coefficient (Wildman–Crippen LogP) is 8.52. The minimum Gasteiger partial charge on any atom is -0.494 e. The Morgan fingerprint density at radius 2 is 1.47 bits per heavy atom. The first-order chi connectivity index (χ1) is 18.4. The summed E-state index contributed by atoms with van der Waals surface area (Å²) in [4.78, 5) is 12.8. The third kappa shape index (κ3) is 12.7. The molecule has 210 valence electrons. The lowest BCUT2D eigenvalue weighted by atomic mass is 9.89. The minimum absolute atomic E-state index is 0.00498. The molecule has 38 heavy (non-hydrogen) atoms. The van der Waals surface area contributed by atoms with Crippen molar-refractivity contribution in [1.29, 1.82) is 0 Å². The fourth-order valence-corrected chi connectivity index (χ4v) is 4.46. The Labute approximate surface area is 230 Å². The van der Waals surface area contributed by atoms with Gasteiger partial charge < -0.3 is 14.8 Å². The SMILES string of the molecule is [CH2+]CCCCCOc1ccc(C(C)C(CCCCC(F)CC)NC(=O)CCCOc2ccc(C)cc2)cc1. The van der Waals surface area contributed by atoms with Crippen LogP contribution in [0.5, 0.6) is 11.5 Å². The number of aryl methyl sites for hydroxylation is 1. The maximum absolute atomic E-state index is 13.7. The Morgan fingerprint density at radius 1 is 0.868 bits per heavy atom. The lowest BCUT2D eigenvalue weighted by Crippen LogP contribution is -2.38. The van der Waals surface area contributed by atoms with Crippen LogP contribution in [0.1, 0.15) is 102 Å². The number of hydrogen-bond acceptors (Lipinski definition) is 3. The molecule has 0 saturated heterocycles. The summed E-state index contributed by atoms with van der Waals surface area (Å²) in [6.45, 7) is 11.2. The van der Waals surface area contributed by atoms with E-state index >= 15 is 0 Å². The molecule has 3 atom stereocenters. The quantitative estimate of drug-likeness (QED) is 0.139. The summed E-state index contributed by atoms with van der Waals surface area (Å²) in [5.74, 6) is 1.87. The molecule has 1 amide bonds. The summed E-state index contributed by atoms with van der Waals surface area (Å²) in [7, 11) is 0. The normalized spacial score (nSPS) is 13.5. The van der Waals surface area contributed by atoms with E-state index < -0.39 is 6.17 Å². The summed E-state index contributed by atoms with van der Waals surface area (Å²) in [6, 6.07) is 16.2. The second-order valence-corrected chi connectivity index (χ2v) is 10.3. The number of nitrogens with one attached hydrogen (secondary N) is 1. The minimum atomic E-state index is -0.736. The Kier molecular flexibility index (Phi) is 15.4. The molecular weight excluding hydrogens is 477 g/mol. The van der Waals surface area contributed by atoms with Crippen molar-refractivity contribution in [3.63, 3.8) is 0 Å². The van der Waals surface area contributed by atoms with Crippen LogP contribution in [0.4, 0.5) is 4.39 Å². The molecule has 2 aromatic rings. The number of carbonyl (C=O) groups is 1. The number of hydrogen-bond donors (Lipinski definition) is 1. The van der Waals surface area contributed by atoms with E-state index in [1.54, 1.807) is 0 Å². The van der Waals surface area contributed by atoms with Gasteiger partial charge in [-0.05, 0) is 81.7 Å². The van der Waals surface area contributed by atoms with Crippen molar-refractivity contribution in [2.75, 3.05) is 13.2 Å². The standard InChI is InChI=1S/C33H48FNO3/c1-5-7-8-11-24-37-31-22-18-28(19-23-31)27(4)32(14-10-9-13-29(34)6-2)35-33(36)15-12-25-38-30-20-16-26(3)17-21-30/h16-23,27,29,32H,1,5-15,24-25H2,2-4H3/p+1. The number of unbranched alkanes of at least 4 members (excludes halogenated alkanes) is 4. The third-order valence-electron chi connectivity index (χ3n) is 7.08. The second-order valence-electron chi connectivity index (χ2n) is 10.3.